The van der Waals surface area contributed by atoms with Crippen molar-refractivity contribution in [3.8, 4) is 0 Å². The van der Waals surface area contributed by atoms with Crippen LogP contribution in [0.5, 0.6) is 0 Å². The molecule has 0 aliphatic carbocycles. The van der Waals surface area contributed by atoms with Gasteiger partial charge in [-0.1, -0.05) is 25.1 Å². The standard InChI is InChI=1S/C15H21N3O2/c1-4-17(11-15(19)20-3)10-13-12-8-6-7-9-14(12)18(5-2)16-13/h6-9H,4-5,10-11H2,1-3H3. The fourth-order valence-corrected chi connectivity index (χ4v) is 2.29. The van der Waals surface area contributed by atoms with E-state index in [2.05, 4.69) is 24.2 Å². The number of likely N-dealkylation sites (N-methyl/N-ethyl adjacent to an activating group) is 1. The summed E-state index contributed by atoms with van der Waals surface area (Å²) in [6.45, 7) is 6.67. The summed E-state index contributed by atoms with van der Waals surface area (Å²) < 4.78 is 6.72. The second-order valence-corrected chi connectivity index (χ2v) is 4.66. The molecule has 5 nitrogen and oxygen atoms in total. The van der Waals surface area contributed by atoms with E-state index in [1.807, 2.05) is 28.6 Å². The first-order valence-electron chi connectivity index (χ1n) is 6.93. The van der Waals surface area contributed by atoms with Crippen molar-refractivity contribution in [2.45, 2.75) is 26.9 Å². The van der Waals surface area contributed by atoms with Crippen molar-refractivity contribution in [2.24, 2.45) is 0 Å². The smallest absolute Gasteiger partial charge is 0.319 e. The lowest BCUT2D eigenvalue weighted by molar-refractivity contribution is -0.142. The Kier molecular flexibility index (Phi) is 4.74. The molecule has 0 unspecified atom stereocenters. The number of esters is 1. The number of methoxy groups -OCH3 is 1. The predicted molar refractivity (Wildman–Crippen MR) is 78.4 cm³/mol. The normalized spacial score (nSPS) is 11.2. The molecule has 1 aromatic carbocycles. The lowest BCUT2D eigenvalue weighted by Crippen LogP contribution is -2.30. The van der Waals surface area contributed by atoms with E-state index in [1.165, 1.54) is 7.11 Å². The zero-order chi connectivity index (χ0) is 14.5. The Morgan fingerprint density at radius 3 is 2.75 bits per heavy atom. The second kappa shape index (κ2) is 6.52. The maximum atomic E-state index is 11.4. The Labute approximate surface area is 119 Å². The van der Waals surface area contributed by atoms with Gasteiger partial charge >= 0.3 is 5.97 Å². The summed E-state index contributed by atoms with van der Waals surface area (Å²) in [5.74, 6) is -0.217. The first kappa shape index (κ1) is 14.5. The number of para-hydroxylation sites is 1. The van der Waals surface area contributed by atoms with Crippen molar-refractivity contribution in [1.29, 1.82) is 0 Å². The van der Waals surface area contributed by atoms with Crippen molar-refractivity contribution in [3.05, 3.63) is 30.0 Å². The number of nitrogens with zero attached hydrogens (tertiary/aromatic N) is 3. The molecule has 5 heteroatoms. The maximum Gasteiger partial charge on any atom is 0.319 e. The zero-order valence-electron chi connectivity index (χ0n) is 12.3. The molecule has 0 fully saturated rings. The van der Waals surface area contributed by atoms with E-state index in [9.17, 15) is 4.79 Å². The Morgan fingerprint density at radius 2 is 2.10 bits per heavy atom. The van der Waals surface area contributed by atoms with Crippen LogP contribution < -0.4 is 0 Å². The van der Waals surface area contributed by atoms with Crippen LogP contribution >= 0.6 is 0 Å². The van der Waals surface area contributed by atoms with E-state index in [0.29, 0.717) is 13.1 Å². The molecular weight excluding hydrogens is 254 g/mol. The van der Waals surface area contributed by atoms with E-state index in [4.69, 9.17) is 4.74 Å². The van der Waals surface area contributed by atoms with Crippen molar-refractivity contribution in [2.75, 3.05) is 20.2 Å². The summed E-state index contributed by atoms with van der Waals surface area (Å²) >= 11 is 0. The summed E-state index contributed by atoms with van der Waals surface area (Å²) in [6, 6.07) is 8.19. The lowest BCUT2D eigenvalue weighted by Gasteiger charge is -2.17. The van der Waals surface area contributed by atoms with Gasteiger partial charge in [0, 0.05) is 18.5 Å². The predicted octanol–water partition coefficient (Wildman–Crippen LogP) is 2.05. The number of carbonyl (C=O) groups is 1. The molecule has 0 atom stereocenters. The number of hydrogen-bond donors (Lipinski definition) is 0. The van der Waals surface area contributed by atoms with Gasteiger partial charge in [-0.2, -0.15) is 5.10 Å². The molecule has 0 radical (unpaired) electrons. The third-order valence-corrected chi connectivity index (χ3v) is 3.43. The summed E-state index contributed by atoms with van der Waals surface area (Å²) in [5.41, 5.74) is 2.15. The molecule has 0 aliphatic rings. The number of rotatable bonds is 6. The Hall–Kier alpha value is -1.88. The molecule has 0 amide bonds. The first-order chi connectivity index (χ1) is 9.69. The van der Waals surface area contributed by atoms with Gasteiger partial charge in [0.25, 0.3) is 0 Å². The largest absolute Gasteiger partial charge is 0.468 e. The first-order valence-corrected chi connectivity index (χ1v) is 6.93. The van der Waals surface area contributed by atoms with Gasteiger partial charge in [0.15, 0.2) is 0 Å². The van der Waals surface area contributed by atoms with Crippen LogP contribution in [0.1, 0.15) is 19.5 Å². The average Bonchev–Trinajstić information content (AvgIpc) is 2.84. The van der Waals surface area contributed by atoms with Crippen LogP contribution in [-0.4, -0.2) is 40.8 Å². The highest BCUT2D eigenvalue weighted by Crippen LogP contribution is 2.19. The highest BCUT2D eigenvalue weighted by molar-refractivity contribution is 5.82. The number of fused-ring (bicyclic) bond motifs is 1. The van der Waals surface area contributed by atoms with Gasteiger partial charge in [0.05, 0.1) is 24.9 Å². The van der Waals surface area contributed by atoms with Crippen LogP contribution in [0, 0.1) is 0 Å². The molecule has 0 spiro atoms. The molecular formula is C15H21N3O2. The average molecular weight is 275 g/mol. The molecule has 0 saturated heterocycles. The van der Waals surface area contributed by atoms with Crippen LogP contribution in [0.15, 0.2) is 24.3 Å². The van der Waals surface area contributed by atoms with E-state index in [-0.39, 0.29) is 5.97 Å². The summed E-state index contributed by atoms with van der Waals surface area (Å²) in [6.07, 6.45) is 0. The topological polar surface area (TPSA) is 47.4 Å². The number of carbonyl (C=O) groups excluding carboxylic acids is 1. The maximum absolute atomic E-state index is 11.4. The Balaban J connectivity index is 2.26. The molecule has 1 aromatic heterocycles. The molecule has 0 bridgehead atoms. The van der Waals surface area contributed by atoms with Gasteiger partial charge in [0.2, 0.25) is 0 Å². The third-order valence-electron chi connectivity index (χ3n) is 3.43. The van der Waals surface area contributed by atoms with Crippen molar-refractivity contribution in [1.82, 2.24) is 14.7 Å². The van der Waals surface area contributed by atoms with E-state index >= 15 is 0 Å². The number of hydrogen-bond acceptors (Lipinski definition) is 4. The highest BCUT2D eigenvalue weighted by Gasteiger charge is 2.14. The van der Waals surface area contributed by atoms with E-state index in [1.54, 1.807) is 0 Å². The summed E-state index contributed by atoms with van der Waals surface area (Å²) in [5, 5.41) is 5.80. The van der Waals surface area contributed by atoms with Crippen LogP contribution in [0.25, 0.3) is 10.9 Å². The van der Waals surface area contributed by atoms with Gasteiger partial charge in [-0.25, -0.2) is 0 Å². The zero-order valence-corrected chi connectivity index (χ0v) is 12.3. The molecule has 20 heavy (non-hydrogen) atoms. The third kappa shape index (κ3) is 2.99. The van der Waals surface area contributed by atoms with Crippen LogP contribution in [0.2, 0.25) is 0 Å². The minimum absolute atomic E-state index is 0.217. The Bertz CT molecular complexity index is 592. The summed E-state index contributed by atoms with van der Waals surface area (Å²) in [4.78, 5) is 13.4. The molecule has 0 saturated carbocycles. The summed E-state index contributed by atoms with van der Waals surface area (Å²) in [7, 11) is 1.41. The molecule has 0 aliphatic heterocycles. The van der Waals surface area contributed by atoms with Gasteiger partial charge < -0.3 is 4.74 Å². The van der Waals surface area contributed by atoms with Crippen LogP contribution in [-0.2, 0) is 22.6 Å². The quantitative estimate of drug-likeness (QED) is 0.757. The van der Waals surface area contributed by atoms with Gasteiger partial charge in [0.1, 0.15) is 0 Å². The van der Waals surface area contributed by atoms with E-state index < -0.39 is 0 Å². The van der Waals surface area contributed by atoms with Gasteiger partial charge in [-0.15, -0.1) is 0 Å². The number of aromatic nitrogens is 2. The van der Waals surface area contributed by atoms with Crippen molar-refractivity contribution >= 4 is 16.9 Å². The van der Waals surface area contributed by atoms with Crippen molar-refractivity contribution < 1.29 is 9.53 Å². The van der Waals surface area contributed by atoms with E-state index in [0.717, 1.165) is 29.7 Å². The fraction of sp³-hybridized carbons (Fsp3) is 0.467. The fourth-order valence-electron chi connectivity index (χ4n) is 2.29. The molecule has 1 heterocycles. The molecule has 0 N–H and O–H groups in total. The van der Waals surface area contributed by atoms with Crippen LogP contribution in [0.4, 0.5) is 0 Å². The van der Waals surface area contributed by atoms with Gasteiger partial charge in [-0.3, -0.25) is 14.4 Å². The molecule has 108 valence electrons. The SMILES string of the molecule is CCN(CC(=O)OC)Cc1nn(CC)c2ccccc12. The number of aryl methyl sites for hydroxylation is 1. The highest BCUT2D eigenvalue weighted by atomic mass is 16.5. The molecule has 2 rings (SSSR count). The lowest BCUT2D eigenvalue weighted by atomic mass is 10.2. The number of benzene rings is 1. The number of ether oxygens (including phenoxy) is 1. The monoisotopic (exact) mass is 275 g/mol. The second-order valence-electron chi connectivity index (χ2n) is 4.66. The van der Waals surface area contributed by atoms with Crippen molar-refractivity contribution in [3.63, 3.8) is 0 Å². The molecule has 2 aromatic rings. The minimum atomic E-state index is -0.217. The Morgan fingerprint density at radius 1 is 1.35 bits per heavy atom. The van der Waals surface area contributed by atoms with Crippen LogP contribution in [0.3, 0.4) is 0 Å². The van der Waals surface area contributed by atoms with Gasteiger partial charge in [-0.05, 0) is 19.5 Å². The minimum Gasteiger partial charge on any atom is -0.468 e.